The zero-order valence-corrected chi connectivity index (χ0v) is 18.9. The summed E-state index contributed by atoms with van der Waals surface area (Å²) in [6.45, 7) is 6.20. The molecule has 1 aliphatic heterocycles. The fourth-order valence-corrected chi connectivity index (χ4v) is 4.22. The molecule has 8 heteroatoms. The van der Waals surface area contributed by atoms with Crippen molar-refractivity contribution < 1.29 is 9.21 Å². The minimum absolute atomic E-state index is 0.0450. The molecule has 170 valence electrons. The summed E-state index contributed by atoms with van der Waals surface area (Å²) in [7, 11) is 2.11. The van der Waals surface area contributed by atoms with Crippen LogP contribution >= 0.6 is 0 Å². The highest BCUT2D eigenvalue weighted by Crippen LogP contribution is 2.27. The largest absolute Gasteiger partial charge is 0.461 e. The third kappa shape index (κ3) is 4.34. The van der Waals surface area contributed by atoms with E-state index in [2.05, 4.69) is 32.1 Å². The summed E-state index contributed by atoms with van der Waals surface area (Å²) < 4.78 is 5.93. The fraction of sp³-hybridized carbons (Fsp3) is 0.320. The van der Waals surface area contributed by atoms with Gasteiger partial charge in [0.1, 0.15) is 17.2 Å². The number of fused-ring (bicyclic) bond motifs is 2. The van der Waals surface area contributed by atoms with Gasteiger partial charge in [-0.25, -0.2) is 4.98 Å². The molecule has 0 spiro atoms. The molecule has 1 atom stereocenters. The Hall–Kier alpha value is -3.65. The first-order chi connectivity index (χ1) is 16.0. The number of hydrogen-bond donors (Lipinski definition) is 2. The fourth-order valence-electron chi connectivity index (χ4n) is 4.22. The van der Waals surface area contributed by atoms with Gasteiger partial charge >= 0.3 is 0 Å². The van der Waals surface area contributed by atoms with Gasteiger partial charge in [-0.2, -0.15) is 4.98 Å². The molecule has 0 saturated carbocycles. The Morgan fingerprint density at radius 1 is 1.12 bits per heavy atom. The molecule has 5 rings (SSSR count). The van der Waals surface area contributed by atoms with Gasteiger partial charge in [-0.15, -0.1) is 0 Å². The summed E-state index contributed by atoms with van der Waals surface area (Å²) in [5.41, 5.74) is 8.08. The van der Waals surface area contributed by atoms with Gasteiger partial charge < -0.3 is 25.3 Å². The normalized spacial score (nSPS) is 15.8. The molecule has 1 aliphatic rings. The third-order valence-electron chi connectivity index (χ3n) is 6.26. The molecule has 3 N–H and O–H groups in total. The number of benzene rings is 2. The number of nitrogens with zero attached hydrogens (tertiary/aromatic N) is 4. The Labute approximate surface area is 192 Å². The molecule has 4 aromatic rings. The number of aromatic nitrogens is 2. The van der Waals surface area contributed by atoms with E-state index < -0.39 is 0 Å². The zero-order valence-electron chi connectivity index (χ0n) is 18.9. The number of furan rings is 1. The molecule has 3 heterocycles. The summed E-state index contributed by atoms with van der Waals surface area (Å²) in [6.07, 6.45) is 0. The zero-order chi connectivity index (χ0) is 22.9. The number of hydrogen-bond acceptors (Lipinski definition) is 7. The molecule has 2 aromatic heterocycles. The van der Waals surface area contributed by atoms with Crippen LogP contribution in [0.4, 0.5) is 11.8 Å². The van der Waals surface area contributed by atoms with E-state index in [9.17, 15) is 4.79 Å². The number of nitrogens with two attached hydrogens (primary N) is 1. The van der Waals surface area contributed by atoms with Crippen LogP contribution in [0.25, 0.3) is 21.9 Å². The van der Waals surface area contributed by atoms with Gasteiger partial charge in [-0.1, -0.05) is 25.1 Å². The highest BCUT2D eigenvalue weighted by Gasteiger charge is 2.20. The van der Waals surface area contributed by atoms with Gasteiger partial charge in [0, 0.05) is 55.0 Å². The SMILES string of the molecule is CC(CNC(=O)c1ccc2c(N3CCN(C)CC3)nc(N)nc2c1)c1cc2ccccc2o1. The van der Waals surface area contributed by atoms with E-state index in [1.165, 1.54) is 0 Å². The van der Waals surface area contributed by atoms with E-state index in [0.29, 0.717) is 17.6 Å². The van der Waals surface area contributed by atoms with Crippen LogP contribution in [0, 0.1) is 0 Å². The van der Waals surface area contributed by atoms with Crippen LogP contribution < -0.4 is 16.0 Å². The van der Waals surface area contributed by atoms with Crippen molar-refractivity contribution in [2.75, 3.05) is 50.4 Å². The maximum Gasteiger partial charge on any atom is 0.251 e. The van der Waals surface area contributed by atoms with Crippen molar-refractivity contribution in [3.63, 3.8) is 0 Å². The smallest absolute Gasteiger partial charge is 0.251 e. The Morgan fingerprint density at radius 3 is 2.70 bits per heavy atom. The summed E-state index contributed by atoms with van der Waals surface area (Å²) in [5.74, 6) is 1.79. The van der Waals surface area contributed by atoms with Gasteiger partial charge in [-0.05, 0) is 37.4 Å². The monoisotopic (exact) mass is 444 g/mol. The molecule has 1 fully saturated rings. The van der Waals surface area contributed by atoms with Gasteiger partial charge in [0.15, 0.2) is 0 Å². The van der Waals surface area contributed by atoms with Crippen molar-refractivity contribution in [1.29, 1.82) is 0 Å². The molecule has 2 aromatic carbocycles. The Morgan fingerprint density at radius 2 is 1.91 bits per heavy atom. The van der Waals surface area contributed by atoms with Crippen LogP contribution in [0.5, 0.6) is 0 Å². The number of para-hydroxylation sites is 1. The van der Waals surface area contributed by atoms with Crippen molar-refractivity contribution in [2.24, 2.45) is 0 Å². The molecule has 1 unspecified atom stereocenters. The molecule has 0 radical (unpaired) electrons. The van der Waals surface area contributed by atoms with Crippen LogP contribution in [-0.4, -0.2) is 60.5 Å². The number of likely N-dealkylation sites (N-methyl/N-ethyl adjacent to an activating group) is 1. The number of anilines is 2. The van der Waals surface area contributed by atoms with Crippen molar-refractivity contribution in [3.05, 3.63) is 59.9 Å². The third-order valence-corrected chi connectivity index (χ3v) is 6.26. The number of piperazine rings is 1. The van der Waals surface area contributed by atoms with Crippen LogP contribution in [0.2, 0.25) is 0 Å². The van der Waals surface area contributed by atoms with Crippen molar-refractivity contribution in [2.45, 2.75) is 12.8 Å². The number of carbonyl (C=O) groups is 1. The molecule has 1 saturated heterocycles. The quantitative estimate of drug-likeness (QED) is 0.487. The van der Waals surface area contributed by atoms with Crippen LogP contribution in [0.15, 0.2) is 52.9 Å². The summed E-state index contributed by atoms with van der Waals surface area (Å²) in [5, 5.41) is 4.98. The number of carbonyl (C=O) groups excluding carboxylic acids is 1. The Bertz CT molecular complexity index is 1280. The molecule has 0 bridgehead atoms. The minimum Gasteiger partial charge on any atom is -0.461 e. The second-order valence-electron chi connectivity index (χ2n) is 8.73. The highest BCUT2D eigenvalue weighted by molar-refractivity contribution is 6.00. The van der Waals surface area contributed by atoms with Gasteiger partial charge in [-0.3, -0.25) is 4.79 Å². The topological polar surface area (TPSA) is 101 Å². The molecule has 33 heavy (non-hydrogen) atoms. The standard InChI is InChI=1S/C25H28N6O2/c1-16(22-14-17-5-3-4-6-21(17)33-22)15-27-24(32)18-7-8-19-20(13-18)28-25(26)29-23(19)31-11-9-30(2)10-12-31/h3-8,13-14,16H,9-12,15H2,1-2H3,(H,27,32)(H2,26,28,29). The summed E-state index contributed by atoms with van der Waals surface area (Å²) in [6, 6.07) is 15.5. The molecule has 0 aliphatic carbocycles. The highest BCUT2D eigenvalue weighted by atomic mass is 16.3. The summed E-state index contributed by atoms with van der Waals surface area (Å²) >= 11 is 0. The Kier molecular flexibility index (Phi) is 5.60. The number of nitrogen functional groups attached to an aromatic ring is 1. The van der Waals surface area contributed by atoms with E-state index in [1.54, 1.807) is 6.07 Å². The first kappa shape index (κ1) is 21.2. The lowest BCUT2D eigenvalue weighted by Crippen LogP contribution is -2.45. The first-order valence-corrected chi connectivity index (χ1v) is 11.3. The van der Waals surface area contributed by atoms with Crippen LogP contribution in [0.1, 0.15) is 29.0 Å². The average Bonchev–Trinajstić information content (AvgIpc) is 3.26. The van der Waals surface area contributed by atoms with Gasteiger partial charge in [0.25, 0.3) is 5.91 Å². The lowest BCUT2D eigenvalue weighted by molar-refractivity contribution is 0.0951. The Balaban J connectivity index is 1.32. The van der Waals surface area contributed by atoms with Crippen molar-refractivity contribution >= 4 is 39.5 Å². The second-order valence-corrected chi connectivity index (χ2v) is 8.73. The van der Waals surface area contributed by atoms with Crippen LogP contribution in [0.3, 0.4) is 0 Å². The average molecular weight is 445 g/mol. The molecule has 8 nitrogen and oxygen atoms in total. The predicted octanol–water partition coefficient (Wildman–Crippen LogP) is 3.24. The maximum atomic E-state index is 12.9. The van der Waals surface area contributed by atoms with E-state index in [0.717, 1.165) is 54.1 Å². The van der Waals surface area contributed by atoms with Crippen molar-refractivity contribution in [3.8, 4) is 0 Å². The number of nitrogens with one attached hydrogen (secondary N) is 1. The van der Waals surface area contributed by atoms with E-state index in [4.69, 9.17) is 10.2 Å². The maximum absolute atomic E-state index is 12.9. The van der Waals surface area contributed by atoms with Gasteiger partial charge in [0.2, 0.25) is 5.95 Å². The first-order valence-electron chi connectivity index (χ1n) is 11.3. The lowest BCUT2D eigenvalue weighted by Gasteiger charge is -2.33. The molecular formula is C25H28N6O2. The van der Waals surface area contributed by atoms with Crippen molar-refractivity contribution in [1.82, 2.24) is 20.2 Å². The van der Waals surface area contributed by atoms with Gasteiger partial charge in [0.05, 0.1) is 5.52 Å². The molecule has 1 amide bonds. The van der Waals surface area contributed by atoms with Crippen LogP contribution in [-0.2, 0) is 0 Å². The lowest BCUT2D eigenvalue weighted by atomic mass is 10.1. The number of rotatable bonds is 5. The summed E-state index contributed by atoms with van der Waals surface area (Å²) in [4.78, 5) is 26.3. The number of amides is 1. The van der Waals surface area contributed by atoms with E-state index in [-0.39, 0.29) is 17.8 Å². The molecular weight excluding hydrogens is 416 g/mol. The van der Waals surface area contributed by atoms with E-state index in [1.807, 2.05) is 49.4 Å². The second kappa shape index (κ2) is 8.71. The van der Waals surface area contributed by atoms with E-state index >= 15 is 0 Å². The minimum atomic E-state index is -0.154. The predicted molar refractivity (Wildman–Crippen MR) is 131 cm³/mol.